The van der Waals surface area contributed by atoms with Crippen LogP contribution in [0.2, 0.25) is 5.28 Å². The van der Waals surface area contributed by atoms with Crippen LogP contribution in [0.3, 0.4) is 0 Å². The van der Waals surface area contributed by atoms with Gasteiger partial charge in [-0.1, -0.05) is 0 Å². The number of hydrogen-bond donors (Lipinski definition) is 0. The highest BCUT2D eigenvalue weighted by Gasteiger charge is 2.19. The van der Waals surface area contributed by atoms with Gasteiger partial charge < -0.3 is 14.2 Å². The summed E-state index contributed by atoms with van der Waals surface area (Å²) in [7, 11) is 4.08. The predicted molar refractivity (Wildman–Crippen MR) is 104 cm³/mol. The van der Waals surface area contributed by atoms with Crippen LogP contribution in [0.15, 0.2) is 18.6 Å². The maximum Gasteiger partial charge on any atom is 0.224 e. The fraction of sp³-hybridized carbons (Fsp3) is 0.471. The SMILES string of the molecule is CN(Cc1cn(C)cn1)Cc1cc2nc(Cl)nc(N3CCOCC3)c2s1. The van der Waals surface area contributed by atoms with Crippen molar-refractivity contribution in [2.45, 2.75) is 13.1 Å². The minimum atomic E-state index is 0.296. The molecule has 0 unspecified atom stereocenters. The first-order chi connectivity index (χ1) is 12.6. The lowest BCUT2D eigenvalue weighted by Gasteiger charge is -2.28. The first kappa shape index (κ1) is 17.7. The Kier molecular flexibility index (Phi) is 5.08. The van der Waals surface area contributed by atoms with Crippen molar-refractivity contribution in [3.8, 4) is 0 Å². The third-order valence-corrected chi connectivity index (χ3v) is 5.58. The van der Waals surface area contributed by atoms with Crippen molar-refractivity contribution in [1.29, 1.82) is 0 Å². The van der Waals surface area contributed by atoms with E-state index in [0.717, 1.165) is 47.9 Å². The molecule has 0 radical (unpaired) electrons. The van der Waals surface area contributed by atoms with E-state index in [0.29, 0.717) is 18.5 Å². The monoisotopic (exact) mass is 392 g/mol. The van der Waals surface area contributed by atoms with Crippen LogP contribution >= 0.6 is 22.9 Å². The number of nitrogens with zero attached hydrogens (tertiary/aromatic N) is 6. The van der Waals surface area contributed by atoms with E-state index >= 15 is 0 Å². The Hall–Kier alpha value is -1.74. The Bertz CT molecular complexity index is 904. The summed E-state index contributed by atoms with van der Waals surface area (Å²) in [5, 5.41) is 0.296. The molecule has 3 aromatic heterocycles. The highest BCUT2D eigenvalue weighted by molar-refractivity contribution is 7.19. The number of anilines is 1. The average molecular weight is 393 g/mol. The lowest BCUT2D eigenvalue weighted by molar-refractivity contribution is 0.122. The van der Waals surface area contributed by atoms with Gasteiger partial charge >= 0.3 is 0 Å². The number of rotatable bonds is 5. The second-order valence-electron chi connectivity index (χ2n) is 6.55. The fourth-order valence-corrected chi connectivity index (χ4v) is 4.52. The van der Waals surface area contributed by atoms with Crippen LogP contribution in [0.4, 0.5) is 5.82 Å². The molecule has 0 amide bonds. The molecule has 0 N–H and O–H groups in total. The standard InChI is InChI=1S/C17H21ClN6OS/c1-22(8-12-9-23(2)11-19-12)10-13-7-14-15(26-13)16(21-17(18)20-14)24-3-5-25-6-4-24/h7,9,11H,3-6,8,10H2,1-2H3. The molecule has 26 heavy (non-hydrogen) atoms. The smallest absolute Gasteiger partial charge is 0.224 e. The van der Waals surface area contributed by atoms with Crippen LogP contribution in [0.1, 0.15) is 10.6 Å². The number of aryl methyl sites for hydroxylation is 1. The van der Waals surface area contributed by atoms with Crippen molar-refractivity contribution in [3.05, 3.63) is 34.4 Å². The second kappa shape index (κ2) is 7.48. The van der Waals surface area contributed by atoms with E-state index in [1.54, 1.807) is 11.3 Å². The molecule has 0 aliphatic carbocycles. The maximum atomic E-state index is 6.17. The molecule has 3 aromatic rings. The molecule has 0 spiro atoms. The molecule has 7 nitrogen and oxygen atoms in total. The van der Waals surface area contributed by atoms with Gasteiger partial charge in [0.25, 0.3) is 0 Å². The maximum absolute atomic E-state index is 6.17. The molecule has 0 saturated carbocycles. The lowest BCUT2D eigenvalue weighted by atomic mass is 10.3. The van der Waals surface area contributed by atoms with Crippen molar-refractivity contribution >= 4 is 39.0 Å². The predicted octanol–water partition coefficient (Wildman–Crippen LogP) is 2.55. The van der Waals surface area contributed by atoms with E-state index in [-0.39, 0.29) is 0 Å². The third kappa shape index (κ3) is 3.83. The zero-order chi connectivity index (χ0) is 18.1. The number of morpholine rings is 1. The Balaban J connectivity index is 1.56. The quantitative estimate of drug-likeness (QED) is 0.622. The minimum Gasteiger partial charge on any atom is -0.378 e. The van der Waals surface area contributed by atoms with Gasteiger partial charge in [0.05, 0.1) is 35.5 Å². The van der Waals surface area contributed by atoms with Gasteiger partial charge in [0.2, 0.25) is 5.28 Å². The molecular weight excluding hydrogens is 372 g/mol. The molecule has 9 heteroatoms. The van der Waals surface area contributed by atoms with Gasteiger partial charge in [-0.3, -0.25) is 4.90 Å². The van der Waals surface area contributed by atoms with Gasteiger partial charge in [-0.05, 0) is 24.7 Å². The molecule has 1 fully saturated rings. The Morgan fingerprint density at radius 1 is 1.27 bits per heavy atom. The Labute approximate surface area is 161 Å². The van der Waals surface area contributed by atoms with E-state index in [9.17, 15) is 0 Å². The summed E-state index contributed by atoms with van der Waals surface area (Å²) in [5.41, 5.74) is 1.98. The highest BCUT2D eigenvalue weighted by atomic mass is 35.5. The summed E-state index contributed by atoms with van der Waals surface area (Å²) in [4.78, 5) is 19.0. The van der Waals surface area contributed by atoms with Crippen LogP contribution in [0, 0.1) is 0 Å². The minimum absolute atomic E-state index is 0.296. The zero-order valence-corrected chi connectivity index (χ0v) is 16.4. The van der Waals surface area contributed by atoms with Crippen LogP contribution in [0.25, 0.3) is 10.2 Å². The highest BCUT2D eigenvalue weighted by Crippen LogP contribution is 2.33. The molecule has 0 bridgehead atoms. The lowest BCUT2D eigenvalue weighted by Crippen LogP contribution is -2.36. The normalized spacial score (nSPS) is 15.3. The van der Waals surface area contributed by atoms with Gasteiger partial charge in [0, 0.05) is 44.3 Å². The summed E-state index contributed by atoms with van der Waals surface area (Å²) in [5.74, 6) is 0.923. The summed E-state index contributed by atoms with van der Waals surface area (Å²) in [6, 6.07) is 2.12. The first-order valence-electron chi connectivity index (χ1n) is 8.52. The van der Waals surface area contributed by atoms with Crippen molar-refractivity contribution < 1.29 is 4.74 Å². The number of imidazole rings is 1. The summed E-state index contributed by atoms with van der Waals surface area (Å²) in [6.07, 6.45) is 3.87. The topological polar surface area (TPSA) is 59.3 Å². The molecule has 138 valence electrons. The Morgan fingerprint density at radius 3 is 2.81 bits per heavy atom. The van der Waals surface area contributed by atoms with Crippen molar-refractivity contribution in [2.24, 2.45) is 7.05 Å². The van der Waals surface area contributed by atoms with Gasteiger partial charge in [0.1, 0.15) is 0 Å². The molecule has 1 aliphatic heterocycles. The third-order valence-electron chi connectivity index (χ3n) is 4.30. The molecule has 0 aromatic carbocycles. The van der Waals surface area contributed by atoms with Crippen LogP contribution in [0.5, 0.6) is 0 Å². The number of hydrogen-bond acceptors (Lipinski definition) is 7. The van der Waals surface area contributed by atoms with E-state index < -0.39 is 0 Å². The van der Waals surface area contributed by atoms with Crippen molar-refractivity contribution in [2.75, 3.05) is 38.3 Å². The average Bonchev–Trinajstić information content (AvgIpc) is 3.20. The summed E-state index contributed by atoms with van der Waals surface area (Å²) < 4.78 is 8.51. The first-order valence-corrected chi connectivity index (χ1v) is 9.72. The number of ether oxygens (including phenoxy) is 1. The van der Waals surface area contributed by atoms with Crippen LogP contribution in [-0.2, 0) is 24.9 Å². The second-order valence-corrected chi connectivity index (χ2v) is 8.02. The van der Waals surface area contributed by atoms with Crippen LogP contribution < -0.4 is 4.90 Å². The number of aromatic nitrogens is 4. The van der Waals surface area contributed by atoms with Gasteiger partial charge in [0.15, 0.2) is 5.82 Å². The summed E-state index contributed by atoms with van der Waals surface area (Å²) in [6.45, 7) is 4.72. The van der Waals surface area contributed by atoms with Gasteiger partial charge in [-0.2, -0.15) is 4.98 Å². The number of halogens is 1. The van der Waals surface area contributed by atoms with Crippen molar-refractivity contribution in [3.63, 3.8) is 0 Å². The van der Waals surface area contributed by atoms with E-state index in [2.05, 4.69) is 37.9 Å². The molecule has 4 heterocycles. The molecular formula is C17H21ClN6OS. The van der Waals surface area contributed by atoms with Crippen molar-refractivity contribution in [1.82, 2.24) is 24.4 Å². The van der Waals surface area contributed by atoms with Gasteiger partial charge in [-0.25, -0.2) is 9.97 Å². The molecule has 1 aliphatic rings. The van der Waals surface area contributed by atoms with E-state index in [1.807, 2.05) is 24.1 Å². The molecule has 1 saturated heterocycles. The largest absolute Gasteiger partial charge is 0.378 e. The van der Waals surface area contributed by atoms with E-state index in [4.69, 9.17) is 16.3 Å². The van der Waals surface area contributed by atoms with Crippen LogP contribution in [-0.4, -0.2) is 57.8 Å². The number of thiophene rings is 1. The van der Waals surface area contributed by atoms with E-state index in [1.165, 1.54) is 4.88 Å². The Morgan fingerprint density at radius 2 is 2.08 bits per heavy atom. The molecule has 0 atom stereocenters. The van der Waals surface area contributed by atoms with Gasteiger partial charge in [-0.15, -0.1) is 11.3 Å². The molecule has 4 rings (SSSR count). The zero-order valence-electron chi connectivity index (χ0n) is 14.9. The fourth-order valence-electron chi connectivity index (χ4n) is 3.15. The number of fused-ring (bicyclic) bond motifs is 1. The summed E-state index contributed by atoms with van der Waals surface area (Å²) >= 11 is 7.91.